The van der Waals surface area contributed by atoms with Gasteiger partial charge in [-0.05, 0) is 36.4 Å². The fourth-order valence-corrected chi connectivity index (χ4v) is 4.18. The Kier molecular flexibility index (Phi) is 7.73. The average Bonchev–Trinajstić information content (AvgIpc) is 3.03. The van der Waals surface area contributed by atoms with Gasteiger partial charge < -0.3 is 10.4 Å². The second-order valence-electron chi connectivity index (χ2n) is 7.18. The number of carboxylic acid groups (broad SMARTS) is 1. The minimum atomic E-state index is -5.03. The van der Waals surface area contributed by atoms with Crippen LogP contribution in [0, 0.1) is 0 Å². The third-order valence-electron chi connectivity index (χ3n) is 4.55. The highest BCUT2D eigenvalue weighted by Crippen LogP contribution is 2.38. The lowest BCUT2D eigenvalue weighted by Crippen LogP contribution is -2.41. The van der Waals surface area contributed by atoms with E-state index >= 15 is 0 Å². The molecule has 3 rings (SSSR count). The Morgan fingerprint density at radius 3 is 2.25 bits per heavy atom. The van der Waals surface area contributed by atoms with E-state index in [0.717, 1.165) is 16.7 Å². The van der Waals surface area contributed by atoms with Crippen LogP contribution in [0.3, 0.4) is 0 Å². The molecule has 2 heterocycles. The number of rotatable bonds is 6. The zero-order chi connectivity index (χ0) is 26.8. The molecule has 0 bridgehead atoms. The predicted molar refractivity (Wildman–Crippen MR) is 120 cm³/mol. The van der Waals surface area contributed by atoms with Crippen molar-refractivity contribution in [3.05, 3.63) is 58.1 Å². The number of aromatic nitrogens is 1. The van der Waals surface area contributed by atoms with Crippen molar-refractivity contribution in [2.24, 2.45) is 0 Å². The van der Waals surface area contributed by atoms with Crippen molar-refractivity contribution < 1.29 is 45.8 Å². The summed E-state index contributed by atoms with van der Waals surface area (Å²) in [6, 6.07) is 5.00. The van der Waals surface area contributed by atoms with Gasteiger partial charge in [0.05, 0.1) is 27.4 Å². The van der Waals surface area contributed by atoms with Crippen LogP contribution in [0.25, 0.3) is 17.3 Å². The van der Waals surface area contributed by atoms with Gasteiger partial charge in [0, 0.05) is 5.56 Å². The molecule has 0 spiro atoms. The second kappa shape index (κ2) is 10.3. The summed E-state index contributed by atoms with van der Waals surface area (Å²) in [7, 11) is 0. The molecule has 1 aromatic heterocycles. The highest BCUT2D eigenvalue weighted by Gasteiger charge is 2.37. The summed E-state index contributed by atoms with van der Waals surface area (Å²) in [5, 5.41) is 10.7. The standard InChI is InChI=1S/C21H13F6N3O4S2/c22-20(23,24)11-4-10(5-12(6-11)21(25,26)27)14-3-1-2-13(29-14)7-15-18(34)30(19(35)36-15)9-16(31)28-8-17(32)33/h1-7H,8-9H2,(H,28,31)(H,32,33)/b15-7-. The molecular formula is C21H13F6N3O4S2. The minimum absolute atomic E-state index is 0.00397. The Hall–Kier alpha value is -3.46. The number of pyridine rings is 1. The van der Waals surface area contributed by atoms with Crippen molar-refractivity contribution in [1.29, 1.82) is 0 Å². The van der Waals surface area contributed by atoms with Gasteiger partial charge in [-0.2, -0.15) is 26.3 Å². The summed E-state index contributed by atoms with van der Waals surface area (Å²) in [5.74, 6) is -2.77. The van der Waals surface area contributed by atoms with Gasteiger partial charge in [0.2, 0.25) is 5.91 Å². The highest BCUT2D eigenvalue weighted by atomic mass is 32.2. The molecule has 0 atom stereocenters. The number of amides is 2. The molecular weight excluding hydrogens is 536 g/mol. The topological polar surface area (TPSA) is 99.6 Å². The number of hydrogen-bond donors (Lipinski definition) is 2. The van der Waals surface area contributed by atoms with Gasteiger partial charge in [-0.1, -0.05) is 30.0 Å². The number of hydrogen-bond acceptors (Lipinski definition) is 6. The monoisotopic (exact) mass is 549 g/mol. The number of aliphatic carboxylic acids is 1. The number of halogens is 6. The van der Waals surface area contributed by atoms with Crippen LogP contribution >= 0.6 is 24.0 Å². The lowest BCUT2D eigenvalue weighted by atomic mass is 10.0. The van der Waals surface area contributed by atoms with E-state index in [2.05, 4.69) is 10.3 Å². The lowest BCUT2D eigenvalue weighted by molar-refractivity contribution is -0.143. The van der Waals surface area contributed by atoms with Gasteiger partial charge in [0.15, 0.2) is 0 Å². The molecule has 7 nitrogen and oxygen atoms in total. The van der Waals surface area contributed by atoms with Crippen LogP contribution in [0.4, 0.5) is 26.3 Å². The maximum Gasteiger partial charge on any atom is 0.416 e. The van der Waals surface area contributed by atoms with Gasteiger partial charge in [-0.15, -0.1) is 0 Å². The van der Waals surface area contributed by atoms with E-state index in [4.69, 9.17) is 17.3 Å². The molecule has 36 heavy (non-hydrogen) atoms. The maximum atomic E-state index is 13.2. The van der Waals surface area contributed by atoms with E-state index in [1.165, 1.54) is 24.3 Å². The number of nitrogens with one attached hydrogen (secondary N) is 1. The van der Waals surface area contributed by atoms with E-state index < -0.39 is 59.9 Å². The van der Waals surface area contributed by atoms with Gasteiger partial charge in [-0.3, -0.25) is 19.3 Å². The van der Waals surface area contributed by atoms with Crippen LogP contribution in [0.15, 0.2) is 41.3 Å². The van der Waals surface area contributed by atoms with E-state index in [1.54, 1.807) is 0 Å². The molecule has 0 unspecified atom stereocenters. The molecule has 0 aliphatic carbocycles. The van der Waals surface area contributed by atoms with Crippen molar-refractivity contribution >= 4 is 52.2 Å². The molecule has 0 radical (unpaired) electrons. The number of thioether (sulfide) groups is 1. The Balaban J connectivity index is 1.90. The first kappa shape index (κ1) is 27.1. The van der Waals surface area contributed by atoms with Crippen LogP contribution in [0.5, 0.6) is 0 Å². The van der Waals surface area contributed by atoms with Crippen molar-refractivity contribution in [2.75, 3.05) is 13.1 Å². The van der Waals surface area contributed by atoms with Crippen molar-refractivity contribution in [3.63, 3.8) is 0 Å². The molecule has 15 heteroatoms. The molecule has 190 valence electrons. The van der Waals surface area contributed by atoms with E-state index in [1.807, 2.05) is 0 Å². The number of carboxylic acids is 1. The van der Waals surface area contributed by atoms with E-state index in [-0.39, 0.29) is 26.7 Å². The summed E-state index contributed by atoms with van der Waals surface area (Å²) in [6.45, 7) is -1.21. The normalized spacial score (nSPS) is 15.5. The molecule has 2 amide bonds. The molecule has 0 saturated carbocycles. The number of carbonyl (C=O) groups excluding carboxylic acids is 2. The number of thiocarbonyl (C=S) groups is 1. The molecule has 1 fully saturated rings. The number of carbonyl (C=O) groups is 3. The fraction of sp³-hybridized carbons (Fsp3) is 0.190. The largest absolute Gasteiger partial charge is 0.480 e. The maximum absolute atomic E-state index is 13.2. The fourth-order valence-electron chi connectivity index (χ4n) is 2.94. The van der Waals surface area contributed by atoms with Crippen LogP contribution in [0.1, 0.15) is 16.8 Å². The Bertz CT molecular complexity index is 1240. The van der Waals surface area contributed by atoms with Crippen LogP contribution in [0.2, 0.25) is 0 Å². The second-order valence-corrected chi connectivity index (χ2v) is 8.86. The zero-order valence-corrected chi connectivity index (χ0v) is 19.2. The van der Waals surface area contributed by atoms with Crippen LogP contribution in [-0.4, -0.2) is 50.2 Å². The third-order valence-corrected chi connectivity index (χ3v) is 5.92. The quantitative estimate of drug-likeness (QED) is 0.317. The molecule has 1 aliphatic heterocycles. The first-order valence-electron chi connectivity index (χ1n) is 9.66. The number of alkyl halides is 6. The zero-order valence-electron chi connectivity index (χ0n) is 17.6. The number of benzene rings is 1. The number of nitrogens with zero attached hydrogens (tertiary/aromatic N) is 2. The smallest absolute Gasteiger partial charge is 0.416 e. The van der Waals surface area contributed by atoms with E-state index in [9.17, 15) is 40.7 Å². The van der Waals surface area contributed by atoms with Crippen molar-refractivity contribution in [3.8, 4) is 11.3 Å². The summed E-state index contributed by atoms with van der Waals surface area (Å²) >= 11 is 5.85. The molecule has 1 aromatic carbocycles. The van der Waals surface area contributed by atoms with Gasteiger partial charge >= 0.3 is 18.3 Å². The average molecular weight is 549 g/mol. The van der Waals surface area contributed by atoms with Crippen LogP contribution < -0.4 is 5.32 Å². The van der Waals surface area contributed by atoms with E-state index in [0.29, 0.717) is 12.1 Å². The summed E-state index contributed by atoms with van der Waals surface area (Å²) in [4.78, 5) is 40.0. The van der Waals surface area contributed by atoms with Crippen molar-refractivity contribution in [2.45, 2.75) is 12.4 Å². The minimum Gasteiger partial charge on any atom is -0.480 e. The van der Waals surface area contributed by atoms with Crippen molar-refractivity contribution in [1.82, 2.24) is 15.2 Å². The molecule has 2 aromatic rings. The predicted octanol–water partition coefficient (Wildman–Crippen LogP) is 4.19. The lowest BCUT2D eigenvalue weighted by Gasteiger charge is -2.14. The van der Waals surface area contributed by atoms with Gasteiger partial charge in [-0.25, -0.2) is 4.98 Å². The highest BCUT2D eigenvalue weighted by molar-refractivity contribution is 8.26. The Morgan fingerprint density at radius 1 is 1.08 bits per heavy atom. The Morgan fingerprint density at radius 2 is 1.69 bits per heavy atom. The molecule has 2 N–H and O–H groups in total. The van der Waals surface area contributed by atoms with Crippen LogP contribution in [-0.2, 0) is 26.7 Å². The Labute approximate surface area is 208 Å². The SMILES string of the molecule is O=C(O)CNC(=O)CN1C(=O)/C(=C/c2cccc(-c3cc(C(F)(F)F)cc(C(F)(F)F)c3)n2)SC1=S. The first-order chi connectivity index (χ1) is 16.6. The summed E-state index contributed by atoms with van der Waals surface area (Å²) < 4.78 is 79.1. The molecule has 1 saturated heterocycles. The first-order valence-corrected chi connectivity index (χ1v) is 10.9. The summed E-state index contributed by atoms with van der Waals surface area (Å²) in [5.41, 5.74) is -3.60. The van der Waals surface area contributed by atoms with Gasteiger partial charge in [0.1, 0.15) is 17.4 Å². The summed E-state index contributed by atoms with van der Waals surface area (Å²) in [6.07, 6.45) is -8.84. The molecule has 1 aliphatic rings. The third kappa shape index (κ3) is 6.60. The van der Waals surface area contributed by atoms with Gasteiger partial charge in [0.25, 0.3) is 5.91 Å².